The minimum absolute atomic E-state index is 0.264. The minimum atomic E-state index is -4.31. The monoisotopic (exact) mass is 353 g/mol. The zero-order chi connectivity index (χ0) is 14.6. The first-order valence-corrected chi connectivity index (χ1v) is 7.18. The van der Waals surface area contributed by atoms with Crippen molar-refractivity contribution in [3.8, 4) is 0 Å². The molecule has 2 heterocycles. The van der Waals surface area contributed by atoms with E-state index in [2.05, 4.69) is 20.9 Å². The van der Waals surface area contributed by atoms with Crippen molar-refractivity contribution >= 4 is 15.9 Å². The van der Waals surface area contributed by atoms with Crippen LogP contribution in [0.3, 0.4) is 0 Å². The maximum absolute atomic E-state index is 12.7. The molecule has 0 saturated carbocycles. The normalized spacial score (nSPS) is 21.7. The molecule has 1 aliphatic rings. The highest BCUT2D eigenvalue weighted by molar-refractivity contribution is 9.10. The molecule has 2 rings (SSSR count). The molecule has 1 aliphatic heterocycles. The van der Waals surface area contributed by atoms with Gasteiger partial charge >= 0.3 is 6.18 Å². The molecule has 7 heteroatoms. The van der Waals surface area contributed by atoms with Crippen LogP contribution < -0.4 is 0 Å². The van der Waals surface area contributed by atoms with Crippen molar-refractivity contribution in [1.29, 1.82) is 0 Å². The lowest BCUT2D eigenvalue weighted by atomic mass is 10.1. The van der Waals surface area contributed by atoms with E-state index in [9.17, 15) is 13.2 Å². The Bertz CT molecular complexity index is 419. The number of aromatic nitrogens is 1. The summed E-state index contributed by atoms with van der Waals surface area (Å²) in [6.45, 7) is 0.525. The van der Waals surface area contributed by atoms with Gasteiger partial charge in [-0.3, -0.25) is 4.98 Å². The predicted molar refractivity (Wildman–Crippen MR) is 70.0 cm³/mol. The summed E-state index contributed by atoms with van der Waals surface area (Å²) in [5.41, 5.74) is 0.264. The standard InChI is InChI=1S/C13H15BrF3NO2/c14-9-4-5-10(18-8-9)11(7-13(15,16)17)20-12-3-1-2-6-19-12/h4-5,8,11-12H,1-3,6-7H2. The lowest BCUT2D eigenvalue weighted by Crippen LogP contribution is -2.27. The van der Waals surface area contributed by atoms with E-state index in [1.165, 1.54) is 12.3 Å². The lowest BCUT2D eigenvalue weighted by molar-refractivity contribution is -0.222. The first-order valence-electron chi connectivity index (χ1n) is 6.39. The van der Waals surface area contributed by atoms with Crippen LogP contribution >= 0.6 is 15.9 Å². The van der Waals surface area contributed by atoms with E-state index in [1.54, 1.807) is 6.07 Å². The van der Waals surface area contributed by atoms with E-state index in [0.29, 0.717) is 17.5 Å². The predicted octanol–water partition coefficient (Wildman–Crippen LogP) is 4.38. The van der Waals surface area contributed by atoms with Crippen molar-refractivity contribution in [2.75, 3.05) is 6.61 Å². The number of rotatable bonds is 4. The van der Waals surface area contributed by atoms with Crippen molar-refractivity contribution in [1.82, 2.24) is 4.98 Å². The van der Waals surface area contributed by atoms with Crippen LogP contribution in [0.25, 0.3) is 0 Å². The van der Waals surface area contributed by atoms with Gasteiger partial charge in [0.2, 0.25) is 0 Å². The van der Waals surface area contributed by atoms with Crippen LogP contribution in [-0.4, -0.2) is 24.1 Å². The fourth-order valence-electron chi connectivity index (χ4n) is 2.01. The van der Waals surface area contributed by atoms with Crippen LogP contribution in [0, 0.1) is 0 Å². The van der Waals surface area contributed by atoms with Crippen LogP contribution in [0.15, 0.2) is 22.8 Å². The minimum Gasteiger partial charge on any atom is -0.353 e. The maximum atomic E-state index is 12.7. The molecule has 0 amide bonds. The van der Waals surface area contributed by atoms with Crippen LogP contribution in [0.5, 0.6) is 0 Å². The highest BCUT2D eigenvalue weighted by atomic mass is 79.9. The van der Waals surface area contributed by atoms with E-state index in [4.69, 9.17) is 9.47 Å². The van der Waals surface area contributed by atoms with Gasteiger partial charge in [0.05, 0.1) is 12.1 Å². The van der Waals surface area contributed by atoms with Gasteiger partial charge in [-0.1, -0.05) is 0 Å². The fraction of sp³-hybridized carbons (Fsp3) is 0.615. The Morgan fingerprint density at radius 2 is 2.20 bits per heavy atom. The summed E-state index contributed by atoms with van der Waals surface area (Å²) in [5.74, 6) is 0. The van der Waals surface area contributed by atoms with E-state index in [-0.39, 0.29) is 5.69 Å². The molecule has 0 aromatic carbocycles. The summed E-state index contributed by atoms with van der Waals surface area (Å²) in [7, 11) is 0. The smallest absolute Gasteiger partial charge is 0.353 e. The third kappa shape index (κ3) is 5.03. The number of nitrogens with zero attached hydrogens (tertiary/aromatic N) is 1. The highest BCUT2D eigenvalue weighted by Gasteiger charge is 2.35. The molecule has 2 unspecified atom stereocenters. The van der Waals surface area contributed by atoms with E-state index >= 15 is 0 Å². The first kappa shape index (κ1) is 15.7. The Kier molecular flexibility index (Phi) is 5.40. The second kappa shape index (κ2) is 6.87. The van der Waals surface area contributed by atoms with Gasteiger partial charge in [-0.2, -0.15) is 13.2 Å². The average molecular weight is 354 g/mol. The van der Waals surface area contributed by atoms with Crippen molar-refractivity contribution in [3.63, 3.8) is 0 Å². The van der Waals surface area contributed by atoms with E-state index in [0.717, 1.165) is 12.8 Å². The maximum Gasteiger partial charge on any atom is 0.391 e. The number of hydrogen-bond acceptors (Lipinski definition) is 3. The second-order valence-corrected chi connectivity index (χ2v) is 5.56. The van der Waals surface area contributed by atoms with Crippen LogP contribution in [0.1, 0.15) is 37.5 Å². The third-order valence-corrected chi connectivity index (χ3v) is 3.42. The van der Waals surface area contributed by atoms with Gasteiger partial charge in [0.25, 0.3) is 0 Å². The van der Waals surface area contributed by atoms with Crippen LogP contribution in [0.4, 0.5) is 13.2 Å². The summed E-state index contributed by atoms with van der Waals surface area (Å²) in [6.07, 6.45) is -3.20. The van der Waals surface area contributed by atoms with Crippen molar-refractivity contribution in [2.24, 2.45) is 0 Å². The topological polar surface area (TPSA) is 31.4 Å². The van der Waals surface area contributed by atoms with Gasteiger partial charge in [0.1, 0.15) is 6.10 Å². The number of ether oxygens (including phenoxy) is 2. The van der Waals surface area contributed by atoms with Gasteiger partial charge in [-0.25, -0.2) is 0 Å². The Labute approximate surface area is 123 Å². The molecule has 0 N–H and O–H groups in total. The number of pyridine rings is 1. The van der Waals surface area contributed by atoms with Crippen molar-refractivity contribution in [2.45, 2.75) is 44.3 Å². The van der Waals surface area contributed by atoms with Crippen molar-refractivity contribution in [3.05, 3.63) is 28.5 Å². The summed E-state index contributed by atoms with van der Waals surface area (Å²) >= 11 is 3.20. The van der Waals surface area contributed by atoms with Gasteiger partial charge in [-0.05, 0) is 47.3 Å². The molecule has 1 aromatic rings. The number of hydrogen-bond donors (Lipinski definition) is 0. The molecule has 3 nitrogen and oxygen atoms in total. The van der Waals surface area contributed by atoms with E-state index < -0.39 is 25.0 Å². The molecular weight excluding hydrogens is 339 g/mol. The number of alkyl halides is 3. The molecule has 0 spiro atoms. The molecule has 112 valence electrons. The zero-order valence-electron chi connectivity index (χ0n) is 10.7. The Morgan fingerprint density at radius 1 is 1.40 bits per heavy atom. The van der Waals surface area contributed by atoms with Crippen LogP contribution in [-0.2, 0) is 9.47 Å². The van der Waals surface area contributed by atoms with E-state index in [1.807, 2.05) is 0 Å². The summed E-state index contributed by atoms with van der Waals surface area (Å²) in [6, 6.07) is 3.18. The van der Waals surface area contributed by atoms with Gasteiger partial charge in [0, 0.05) is 17.3 Å². The van der Waals surface area contributed by atoms with Gasteiger partial charge < -0.3 is 9.47 Å². The number of halogens is 4. The second-order valence-electron chi connectivity index (χ2n) is 4.64. The summed E-state index contributed by atoms with van der Waals surface area (Å²) in [4.78, 5) is 4.00. The Balaban J connectivity index is 2.09. The molecule has 0 radical (unpaired) electrons. The Hall–Kier alpha value is -0.660. The molecule has 0 aliphatic carbocycles. The first-order chi connectivity index (χ1) is 9.44. The fourth-order valence-corrected chi connectivity index (χ4v) is 2.25. The summed E-state index contributed by atoms with van der Waals surface area (Å²) < 4.78 is 49.5. The largest absolute Gasteiger partial charge is 0.391 e. The molecule has 0 bridgehead atoms. The molecular formula is C13H15BrF3NO2. The molecule has 20 heavy (non-hydrogen) atoms. The van der Waals surface area contributed by atoms with Gasteiger partial charge in [0.15, 0.2) is 6.29 Å². The quantitative estimate of drug-likeness (QED) is 0.804. The lowest BCUT2D eigenvalue weighted by Gasteiger charge is -2.28. The molecule has 1 aromatic heterocycles. The molecule has 1 saturated heterocycles. The Morgan fingerprint density at radius 3 is 2.75 bits per heavy atom. The highest BCUT2D eigenvalue weighted by Crippen LogP contribution is 2.33. The summed E-state index contributed by atoms with van der Waals surface area (Å²) in [5, 5.41) is 0. The SMILES string of the molecule is FC(F)(F)CC(OC1CCCCO1)c1ccc(Br)cn1. The van der Waals surface area contributed by atoms with Gasteiger partial charge in [-0.15, -0.1) is 0 Å². The zero-order valence-corrected chi connectivity index (χ0v) is 12.3. The molecule has 2 atom stereocenters. The van der Waals surface area contributed by atoms with Crippen molar-refractivity contribution < 1.29 is 22.6 Å². The molecule has 1 fully saturated rings. The average Bonchev–Trinajstić information content (AvgIpc) is 2.38. The third-order valence-electron chi connectivity index (χ3n) is 2.95. The van der Waals surface area contributed by atoms with Crippen LogP contribution in [0.2, 0.25) is 0 Å².